The largest absolute Gasteiger partial charge is 0.367 e. The molecule has 19 heavy (non-hydrogen) atoms. The van der Waals surface area contributed by atoms with Crippen LogP contribution >= 0.6 is 0 Å². The quantitative estimate of drug-likeness (QED) is 0.614. The molecular formula is C16H18O3. The van der Waals surface area contributed by atoms with Crippen LogP contribution in [0.1, 0.15) is 26.3 Å². The highest BCUT2D eigenvalue weighted by Gasteiger charge is 2.43. The second kappa shape index (κ2) is 6.31. The lowest BCUT2D eigenvalue weighted by molar-refractivity contribution is -0.143. The monoisotopic (exact) mass is 258 g/mol. The first-order chi connectivity index (χ1) is 8.92. The van der Waals surface area contributed by atoms with Crippen molar-refractivity contribution in [2.24, 2.45) is 5.41 Å². The Hall–Kier alpha value is -1.92. The van der Waals surface area contributed by atoms with Gasteiger partial charge in [-0.1, -0.05) is 30.0 Å². The average Bonchev–Trinajstić information content (AvgIpc) is 2.39. The van der Waals surface area contributed by atoms with Gasteiger partial charge in [0, 0.05) is 12.7 Å². The van der Waals surface area contributed by atoms with Crippen molar-refractivity contribution in [1.29, 1.82) is 0 Å². The lowest BCUT2D eigenvalue weighted by Gasteiger charge is -2.28. The smallest absolute Gasteiger partial charge is 0.146 e. The van der Waals surface area contributed by atoms with Crippen LogP contribution < -0.4 is 0 Å². The fraction of sp³-hybridized carbons (Fsp3) is 0.375. The van der Waals surface area contributed by atoms with E-state index in [1.54, 1.807) is 6.92 Å². The van der Waals surface area contributed by atoms with Crippen LogP contribution in [0.4, 0.5) is 0 Å². The maximum Gasteiger partial charge on any atom is 0.146 e. The Bertz CT molecular complexity index is 506. The predicted molar refractivity (Wildman–Crippen MR) is 73.6 cm³/mol. The zero-order chi connectivity index (χ0) is 14.5. The first kappa shape index (κ1) is 15.1. The zero-order valence-corrected chi connectivity index (χ0v) is 11.7. The number of hydrogen-bond donors (Lipinski definition) is 0. The SMILES string of the molecule is COC(C#Cc1ccccc1)C(C)(C(C)=O)C(C)=O. The highest BCUT2D eigenvalue weighted by molar-refractivity contribution is 6.05. The summed E-state index contributed by atoms with van der Waals surface area (Å²) >= 11 is 0. The maximum atomic E-state index is 11.8. The molecule has 0 bridgehead atoms. The molecule has 0 amide bonds. The number of ether oxygens (including phenoxy) is 1. The summed E-state index contributed by atoms with van der Waals surface area (Å²) in [5, 5.41) is 0. The molecule has 0 aromatic heterocycles. The van der Waals surface area contributed by atoms with E-state index in [9.17, 15) is 9.59 Å². The van der Waals surface area contributed by atoms with Crippen LogP contribution in [0, 0.1) is 17.3 Å². The summed E-state index contributed by atoms with van der Waals surface area (Å²) in [6, 6.07) is 9.37. The minimum absolute atomic E-state index is 0.241. The van der Waals surface area contributed by atoms with E-state index < -0.39 is 11.5 Å². The third kappa shape index (κ3) is 3.30. The number of methoxy groups -OCH3 is 1. The highest BCUT2D eigenvalue weighted by atomic mass is 16.5. The predicted octanol–water partition coefficient (Wildman–Crippen LogP) is 2.24. The molecule has 0 aliphatic heterocycles. The van der Waals surface area contributed by atoms with E-state index in [1.807, 2.05) is 30.3 Å². The van der Waals surface area contributed by atoms with Gasteiger partial charge in [-0.05, 0) is 32.9 Å². The molecule has 0 aliphatic rings. The molecule has 0 spiro atoms. The Morgan fingerprint density at radius 2 is 1.68 bits per heavy atom. The van der Waals surface area contributed by atoms with Crippen molar-refractivity contribution in [3.05, 3.63) is 35.9 Å². The first-order valence-corrected chi connectivity index (χ1v) is 6.04. The van der Waals surface area contributed by atoms with Crippen LogP contribution in [0.25, 0.3) is 0 Å². The van der Waals surface area contributed by atoms with Crippen LogP contribution in [-0.4, -0.2) is 24.8 Å². The summed E-state index contributed by atoms with van der Waals surface area (Å²) < 4.78 is 5.24. The molecule has 0 radical (unpaired) electrons. The molecule has 0 saturated heterocycles. The number of rotatable bonds is 4. The molecule has 1 unspecified atom stereocenters. The Kier molecular flexibility index (Phi) is 5.02. The van der Waals surface area contributed by atoms with Crippen molar-refractivity contribution < 1.29 is 14.3 Å². The molecule has 0 heterocycles. The van der Waals surface area contributed by atoms with Crippen molar-refractivity contribution in [2.75, 3.05) is 7.11 Å². The van der Waals surface area contributed by atoms with Gasteiger partial charge in [0.2, 0.25) is 0 Å². The van der Waals surface area contributed by atoms with Gasteiger partial charge >= 0.3 is 0 Å². The summed E-state index contributed by atoms with van der Waals surface area (Å²) in [4.78, 5) is 23.5. The molecule has 1 rings (SSSR count). The van der Waals surface area contributed by atoms with Gasteiger partial charge in [-0.2, -0.15) is 0 Å². The molecule has 1 atom stereocenters. The zero-order valence-electron chi connectivity index (χ0n) is 11.7. The Balaban J connectivity index is 3.11. The second-order valence-corrected chi connectivity index (χ2v) is 4.57. The van der Waals surface area contributed by atoms with Gasteiger partial charge in [0.15, 0.2) is 0 Å². The maximum absolute atomic E-state index is 11.8. The second-order valence-electron chi connectivity index (χ2n) is 4.57. The number of Topliss-reactive ketones (excluding diaryl/α,β-unsaturated/α-hetero) is 2. The van der Waals surface area contributed by atoms with E-state index in [1.165, 1.54) is 21.0 Å². The van der Waals surface area contributed by atoms with Crippen molar-refractivity contribution in [3.8, 4) is 11.8 Å². The fourth-order valence-corrected chi connectivity index (χ4v) is 1.73. The summed E-state index contributed by atoms with van der Waals surface area (Å²) in [5.74, 6) is 5.32. The van der Waals surface area contributed by atoms with Gasteiger partial charge in [-0.15, -0.1) is 0 Å². The van der Waals surface area contributed by atoms with E-state index in [0.29, 0.717) is 0 Å². The van der Waals surface area contributed by atoms with Gasteiger partial charge < -0.3 is 4.74 Å². The van der Waals surface area contributed by atoms with Gasteiger partial charge in [-0.25, -0.2) is 0 Å². The van der Waals surface area contributed by atoms with E-state index in [-0.39, 0.29) is 11.6 Å². The highest BCUT2D eigenvalue weighted by Crippen LogP contribution is 2.26. The lowest BCUT2D eigenvalue weighted by Crippen LogP contribution is -2.44. The number of ketones is 2. The summed E-state index contributed by atoms with van der Waals surface area (Å²) in [6.07, 6.45) is -0.747. The number of carbonyl (C=O) groups excluding carboxylic acids is 2. The van der Waals surface area contributed by atoms with Gasteiger partial charge in [0.25, 0.3) is 0 Å². The molecule has 1 aromatic carbocycles. The Morgan fingerprint density at radius 3 is 2.11 bits per heavy atom. The van der Waals surface area contributed by atoms with Gasteiger partial charge in [0.1, 0.15) is 23.1 Å². The minimum atomic E-state index is -1.23. The standard InChI is InChI=1S/C16H18O3/c1-12(17)16(3,13(2)18)15(19-4)11-10-14-8-6-5-7-9-14/h5-9,15H,1-4H3. The van der Waals surface area contributed by atoms with E-state index in [4.69, 9.17) is 4.74 Å². The normalized spacial score (nSPS) is 12.2. The molecule has 3 heteroatoms. The number of hydrogen-bond acceptors (Lipinski definition) is 3. The molecule has 0 N–H and O–H groups in total. The van der Waals surface area contributed by atoms with Gasteiger partial charge in [-0.3, -0.25) is 9.59 Å². The summed E-state index contributed by atoms with van der Waals surface area (Å²) in [7, 11) is 1.45. The lowest BCUT2D eigenvalue weighted by atomic mass is 9.77. The van der Waals surface area contributed by atoms with Crippen LogP contribution in [0.5, 0.6) is 0 Å². The van der Waals surface area contributed by atoms with E-state index in [2.05, 4.69) is 11.8 Å². The molecule has 0 aliphatic carbocycles. The molecular weight excluding hydrogens is 240 g/mol. The fourth-order valence-electron chi connectivity index (χ4n) is 1.73. The molecule has 1 aromatic rings. The molecule has 100 valence electrons. The molecule has 0 saturated carbocycles. The van der Waals surface area contributed by atoms with E-state index >= 15 is 0 Å². The molecule has 3 nitrogen and oxygen atoms in total. The Morgan fingerprint density at radius 1 is 1.16 bits per heavy atom. The summed E-state index contributed by atoms with van der Waals surface area (Å²) in [6.45, 7) is 4.35. The van der Waals surface area contributed by atoms with Crippen molar-refractivity contribution >= 4 is 11.6 Å². The van der Waals surface area contributed by atoms with Crippen molar-refractivity contribution in [1.82, 2.24) is 0 Å². The molecule has 0 fully saturated rings. The topological polar surface area (TPSA) is 43.4 Å². The van der Waals surface area contributed by atoms with Crippen LogP contribution in [0.3, 0.4) is 0 Å². The number of benzene rings is 1. The van der Waals surface area contributed by atoms with Crippen LogP contribution in [0.15, 0.2) is 30.3 Å². The third-order valence-electron chi connectivity index (χ3n) is 3.34. The van der Waals surface area contributed by atoms with Crippen molar-refractivity contribution in [3.63, 3.8) is 0 Å². The number of carbonyl (C=O) groups is 2. The third-order valence-corrected chi connectivity index (χ3v) is 3.34. The van der Waals surface area contributed by atoms with Crippen LogP contribution in [0.2, 0.25) is 0 Å². The van der Waals surface area contributed by atoms with E-state index in [0.717, 1.165) is 5.56 Å². The average molecular weight is 258 g/mol. The summed E-state index contributed by atoms with van der Waals surface area (Å²) in [5.41, 5.74) is -0.407. The minimum Gasteiger partial charge on any atom is -0.367 e. The first-order valence-electron chi connectivity index (χ1n) is 6.04. The Labute approximate surface area is 114 Å². The van der Waals surface area contributed by atoms with Gasteiger partial charge in [0.05, 0.1) is 0 Å². The van der Waals surface area contributed by atoms with Crippen LogP contribution in [-0.2, 0) is 14.3 Å². The van der Waals surface area contributed by atoms with Crippen molar-refractivity contribution in [2.45, 2.75) is 26.9 Å².